The molecule has 128 valence electrons. The summed E-state index contributed by atoms with van der Waals surface area (Å²) in [7, 11) is 0. The Balaban J connectivity index is 2.14. The zero-order chi connectivity index (χ0) is 18.4. The number of carbonyl (C=O) groups is 2. The average molecular weight is 427 g/mol. The Bertz CT molecular complexity index is 781. The second-order valence-corrected chi connectivity index (χ2v) is 8.59. The van der Waals surface area contributed by atoms with Crippen LogP contribution in [0.5, 0.6) is 0 Å². The standard InChI is InChI=1S/C18H12Cl2O2S3/c1-3-17(21)24-15-7-5-11(9-13(15)19)23-12-6-8-16(14(20)10-12)25-18(22)4-2/h3-10H,1-2H2. The number of thioether (sulfide) groups is 2. The predicted molar refractivity (Wildman–Crippen MR) is 109 cm³/mol. The molecule has 2 aromatic carbocycles. The Morgan fingerprint density at radius 1 is 0.800 bits per heavy atom. The van der Waals surface area contributed by atoms with Crippen LogP contribution in [-0.4, -0.2) is 10.2 Å². The van der Waals surface area contributed by atoms with Gasteiger partial charge in [0.05, 0.1) is 10.0 Å². The van der Waals surface area contributed by atoms with E-state index in [2.05, 4.69) is 13.2 Å². The average Bonchev–Trinajstić information content (AvgIpc) is 2.59. The molecule has 2 rings (SSSR count). The fraction of sp³-hybridized carbons (Fsp3) is 0. The van der Waals surface area contributed by atoms with Crippen molar-refractivity contribution in [2.45, 2.75) is 19.6 Å². The van der Waals surface area contributed by atoms with Crippen LogP contribution in [0, 0.1) is 0 Å². The fourth-order valence-corrected chi connectivity index (χ4v) is 4.50. The smallest absolute Gasteiger partial charge is 0.216 e. The van der Waals surface area contributed by atoms with Gasteiger partial charge in [0, 0.05) is 19.6 Å². The molecule has 0 aliphatic carbocycles. The van der Waals surface area contributed by atoms with Crippen molar-refractivity contribution in [3.8, 4) is 0 Å². The van der Waals surface area contributed by atoms with Crippen LogP contribution in [0.3, 0.4) is 0 Å². The van der Waals surface area contributed by atoms with Gasteiger partial charge < -0.3 is 0 Å². The molecule has 0 unspecified atom stereocenters. The van der Waals surface area contributed by atoms with Gasteiger partial charge >= 0.3 is 0 Å². The number of halogens is 2. The first kappa shape index (κ1) is 20.2. The van der Waals surface area contributed by atoms with Gasteiger partial charge in [-0.3, -0.25) is 9.59 Å². The molecule has 0 spiro atoms. The summed E-state index contributed by atoms with van der Waals surface area (Å²) in [5.74, 6) is 0. The van der Waals surface area contributed by atoms with Crippen molar-refractivity contribution < 1.29 is 9.59 Å². The molecule has 0 aliphatic heterocycles. The van der Waals surface area contributed by atoms with Crippen LogP contribution in [0.25, 0.3) is 0 Å². The summed E-state index contributed by atoms with van der Waals surface area (Å²) in [6, 6.07) is 10.9. The van der Waals surface area contributed by atoms with E-state index >= 15 is 0 Å². The number of carbonyl (C=O) groups excluding carboxylic acids is 2. The monoisotopic (exact) mass is 426 g/mol. The van der Waals surface area contributed by atoms with E-state index < -0.39 is 0 Å². The number of benzene rings is 2. The lowest BCUT2D eigenvalue weighted by Gasteiger charge is -2.07. The van der Waals surface area contributed by atoms with Gasteiger partial charge in [0.1, 0.15) is 0 Å². The SMILES string of the molecule is C=CC(=O)Sc1ccc(Sc2ccc(SC(=O)C=C)c(Cl)c2)cc1Cl. The van der Waals surface area contributed by atoms with E-state index in [1.165, 1.54) is 23.9 Å². The van der Waals surface area contributed by atoms with E-state index in [1.807, 2.05) is 12.1 Å². The summed E-state index contributed by atoms with van der Waals surface area (Å²) in [5, 5.41) is 0.688. The summed E-state index contributed by atoms with van der Waals surface area (Å²) >= 11 is 16.0. The van der Waals surface area contributed by atoms with E-state index in [1.54, 1.807) is 24.3 Å². The normalized spacial score (nSPS) is 10.3. The number of hydrogen-bond acceptors (Lipinski definition) is 5. The summed E-state index contributed by atoms with van der Waals surface area (Å²) in [6.45, 7) is 6.88. The minimum absolute atomic E-state index is 0.156. The van der Waals surface area contributed by atoms with Gasteiger partial charge in [0.15, 0.2) is 0 Å². The Morgan fingerprint density at radius 3 is 1.52 bits per heavy atom. The van der Waals surface area contributed by atoms with E-state index in [0.717, 1.165) is 33.3 Å². The Kier molecular flexibility index (Phi) is 7.72. The predicted octanol–water partition coefficient (Wildman–Crippen LogP) is 6.75. The molecule has 0 aromatic heterocycles. The largest absolute Gasteiger partial charge is 0.282 e. The highest BCUT2D eigenvalue weighted by Gasteiger charge is 2.10. The lowest BCUT2D eigenvalue weighted by Crippen LogP contribution is -1.86. The second kappa shape index (κ2) is 9.55. The van der Waals surface area contributed by atoms with Crippen LogP contribution >= 0.6 is 58.5 Å². The molecule has 0 aliphatic rings. The van der Waals surface area contributed by atoms with Gasteiger partial charge in [-0.25, -0.2) is 0 Å². The third-order valence-corrected chi connectivity index (χ3v) is 6.51. The van der Waals surface area contributed by atoms with Gasteiger partial charge in [-0.05, 0) is 72.1 Å². The molecule has 0 atom stereocenters. The quantitative estimate of drug-likeness (QED) is 0.376. The molecule has 25 heavy (non-hydrogen) atoms. The number of rotatable bonds is 6. The molecule has 7 heteroatoms. The molecular weight excluding hydrogens is 415 g/mol. The van der Waals surface area contributed by atoms with E-state index in [0.29, 0.717) is 19.8 Å². The second-order valence-electron chi connectivity index (χ2n) is 4.54. The maximum Gasteiger partial charge on any atom is 0.216 e. The van der Waals surface area contributed by atoms with E-state index in [9.17, 15) is 9.59 Å². The maximum atomic E-state index is 11.4. The molecule has 0 amide bonds. The van der Waals surface area contributed by atoms with E-state index in [-0.39, 0.29) is 10.2 Å². The van der Waals surface area contributed by atoms with Crippen LogP contribution in [0.2, 0.25) is 10.0 Å². The first-order chi connectivity index (χ1) is 11.9. The zero-order valence-corrected chi connectivity index (χ0v) is 16.8. The molecule has 0 radical (unpaired) electrons. The summed E-state index contributed by atoms with van der Waals surface area (Å²) in [4.78, 5) is 26.0. The lowest BCUT2D eigenvalue weighted by molar-refractivity contribution is -0.107. The topological polar surface area (TPSA) is 34.1 Å². The molecule has 0 fully saturated rings. The highest BCUT2D eigenvalue weighted by molar-refractivity contribution is 8.14. The van der Waals surface area contributed by atoms with Crippen molar-refractivity contribution in [2.24, 2.45) is 0 Å². The number of hydrogen-bond donors (Lipinski definition) is 0. The molecule has 0 saturated heterocycles. The van der Waals surface area contributed by atoms with Gasteiger partial charge in [0.25, 0.3) is 0 Å². The van der Waals surface area contributed by atoms with Gasteiger partial charge in [-0.2, -0.15) is 0 Å². The zero-order valence-electron chi connectivity index (χ0n) is 12.8. The Labute approximate surface area is 169 Å². The Hall–Kier alpha value is -1.11. The van der Waals surface area contributed by atoms with Gasteiger partial charge in [0.2, 0.25) is 10.2 Å². The van der Waals surface area contributed by atoms with Gasteiger partial charge in [-0.1, -0.05) is 48.1 Å². The highest BCUT2D eigenvalue weighted by Crippen LogP contribution is 2.37. The molecular formula is C18H12Cl2O2S3. The first-order valence-corrected chi connectivity index (χ1v) is 10.1. The minimum atomic E-state index is -0.156. The summed E-state index contributed by atoms with van der Waals surface area (Å²) in [5.41, 5.74) is 0. The third-order valence-electron chi connectivity index (χ3n) is 2.80. The van der Waals surface area contributed by atoms with Crippen LogP contribution in [0.4, 0.5) is 0 Å². The third kappa shape index (κ3) is 5.97. The highest BCUT2D eigenvalue weighted by atomic mass is 35.5. The van der Waals surface area contributed by atoms with Crippen molar-refractivity contribution in [2.75, 3.05) is 0 Å². The molecule has 0 bridgehead atoms. The first-order valence-electron chi connectivity index (χ1n) is 6.88. The van der Waals surface area contributed by atoms with E-state index in [4.69, 9.17) is 23.2 Å². The van der Waals surface area contributed by atoms with Crippen LogP contribution in [-0.2, 0) is 9.59 Å². The molecule has 2 aromatic rings. The molecule has 0 saturated carbocycles. The van der Waals surface area contributed by atoms with Crippen LogP contribution in [0.1, 0.15) is 0 Å². The Morgan fingerprint density at radius 2 is 1.20 bits per heavy atom. The van der Waals surface area contributed by atoms with Crippen molar-refractivity contribution in [1.29, 1.82) is 0 Å². The molecule has 0 N–H and O–H groups in total. The van der Waals surface area contributed by atoms with Gasteiger partial charge in [-0.15, -0.1) is 0 Å². The summed E-state index contributed by atoms with van der Waals surface area (Å²) in [6.07, 6.45) is 2.50. The fourth-order valence-electron chi connectivity index (χ4n) is 1.69. The van der Waals surface area contributed by atoms with Crippen molar-refractivity contribution in [1.82, 2.24) is 0 Å². The van der Waals surface area contributed by atoms with Crippen molar-refractivity contribution in [3.63, 3.8) is 0 Å². The summed E-state index contributed by atoms with van der Waals surface area (Å²) < 4.78 is 0. The molecule has 2 nitrogen and oxygen atoms in total. The lowest BCUT2D eigenvalue weighted by atomic mass is 10.3. The molecule has 0 heterocycles. The van der Waals surface area contributed by atoms with Crippen molar-refractivity contribution >= 4 is 68.7 Å². The van der Waals surface area contributed by atoms with Crippen LogP contribution < -0.4 is 0 Å². The minimum Gasteiger partial charge on any atom is -0.282 e. The maximum absolute atomic E-state index is 11.4. The van der Waals surface area contributed by atoms with Crippen LogP contribution in [0.15, 0.2) is 81.3 Å². The van der Waals surface area contributed by atoms with Crippen molar-refractivity contribution in [3.05, 3.63) is 71.8 Å².